The molecule has 1 aromatic heterocycles. The van der Waals surface area contributed by atoms with E-state index in [1.54, 1.807) is 0 Å². The minimum Gasteiger partial charge on any atom is -0.350 e. The van der Waals surface area contributed by atoms with Gasteiger partial charge in [0.05, 0.1) is 12.2 Å². The Labute approximate surface area is 124 Å². The molecular formula is C14H21ClN4O. The van der Waals surface area contributed by atoms with Crippen molar-refractivity contribution in [1.29, 1.82) is 0 Å². The molecule has 6 heteroatoms. The molecule has 0 aromatic carbocycles. The number of carbonyl (C=O) groups is 1. The van der Waals surface area contributed by atoms with Gasteiger partial charge in [-0.3, -0.25) is 4.79 Å². The van der Waals surface area contributed by atoms with Crippen LogP contribution in [0.25, 0.3) is 0 Å². The zero-order valence-corrected chi connectivity index (χ0v) is 13.2. The van der Waals surface area contributed by atoms with Gasteiger partial charge in [0.25, 0.3) is 0 Å². The quantitative estimate of drug-likeness (QED) is 0.867. The number of likely N-dealkylation sites (N-methyl/N-ethyl adjacent to an activating group) is 1. The van der Waals surface area contributed by atoms with Crippen molar-refractivity contribution in [1.82, 2.24) is 15.3 Å². The van der Waals surface area contributed by atoms with Crippen LogP contribution >= 0.6 is 11.6 Å². The Kier molecular flexibility index (Phi) is 4.18. The van der Waals surface area contributed by atoms with Crippen molar-refractivity contribution in [2.75, 3.05) is 18.5 Å². The van der Waals surface area contributed by atoms with Crippen LogP contribution in [0, 0.1) is 0 Å². The van der Waals surface area contributed by atoms with Crippen LogP contribution in [0.4, 0.5) is 5.82 Å². The summed E-state index contributed by atoms with van der Waals surface area (Å²) in [6.07, 6.45) is 2.96. The van der Waals surface area contributed by atoms with Crippen LogP contribution in [0.3, 0.4) is 0 Å². The van der Waals surface area contributed by atoms with Crippen LogP contribution in [0.5, 0.6) is 0 Å². The number of nitrogens with zero attached hydrogens (tertiary/aromatic N) is 3. The number of amides is 1. The lowest BCUT2D eigenvalue weighted by Gasteiger charge is -2.25. The first-order valence-corrected chi connectivity index (χ1v) is 7.21. The second-order valence-corrected chi connectivity index (χ2v) is 6.59. The second-order valence-electron chi connectivity index (χ2n) is 6.25. The van der Waals surface area contributed by atoms with E-state index in [-0.39, 0.29) is 23.3 Å². The van der Waals surface area contributed by atoms with Crippen molar-refractivity contribution in [3.05, 3.63) is 16.5 Å². The number of fused-ring (bicyclic) bond motifs is 1. The van der Waals surface area contributed by atoms with Crippen LogP contribution in [0.2, 0.25) is 5.28 Å². The van der Waals surface area contributed by atoms with Crippen molar-refractivity contribution < 1.29 is 4.79 Å². The molecule has 0 radical (unpaired) electrons. The summed E-state index contributed by atoms with van der Waals surface area (Å²) >= 11 is 5.97. The number of hydrogen-bond acceptors (Lipinski definition) is 4. The molecule has 1 N–H and O–H groups in total. The molecule has 0 atom stereocenters. The highest BCUT2D eigenvalue weighted by atomic mass is 35.5. The van der Waals surface area contributed by atoms with Gasteiger partial charge in [-0.1, -0.05) is 0 Å². The Hall–Kier alpha value is -1.36. The minimum absolute atomic E-state index is 0.0264. The molecule has 0 fully saturated rings. The van der Waals surface area contributed by atoms with Gasteiger partial charge in [-0.2, -0.15) is 0 Å². The normalized spacial score (nSPS) is 14.1. The maximum atomic E-state index is 12.0. The predicted molar refractivity (Wildman–Crippen MR) is 80.2 cm³/mol. The van der Waals surface area contributed by atoms with Crippen molar-refractivity contribution in [2.45, 2.75) is 45.6 Å². The fourth-order valence-corrected chi connectivity index (χ4v) is 2.63. The maximum Gasteiger partial charge on any atom is 0.239 e. The van der Waals surface area contributed by atoms with Gasteiger partial charge in [-0.25, -0.2) is 9.97 Å². The fourth-order valence-electron chi connectivity index (χ4n) is 2.45. The SMILES string of the molecule is CN(CC(=O)NC(C)(C)C)c1nc(Cl)nc2c1CCC2. The van der Waals surface area contributed by atoms with E-state index >= 15 is 0 Å². The third kappa shape index (κ3) is 3.60. The summed E-state index contributed by atoms with van der Waals surface area (Å²) in [5.74, 6) is 0.753. The molecule has 20 heavy (non-hydrogen) atoms. The second kappa shape index (κ2) is 5.56. The zero-order chi connectivity index (χ0) is 14.9. The van der Waals surface area contributed by atoms with Crippen LogP contribution in [-0.2, 0) is 17.6 Å². The molecule has 1 aromatic rings. The lowest BCUT2D eigenvalue weighted by molar-refractivity contribution is -0.121. The number of carbonyl (C=O) groups excluding carboxylic acids is 1. The van der Waals surface area contributed by atoms with Crippen LogP contribution in [0.1, 0.15) is 38.4 Å². The van der Waals surface area contributed by atoms with E-state index in [4.69, 9.17) is 11.6 Å². The summed E-state index contributed by atoms with van der Waals surface area (Å²) < 4.78 is 0. The monoisotopic (exact) mass is 296 g/mol. The van der Waals surface area contributed by atoms with Gasteiger partial charge in [0.2, 0.25) is 11.2 Å². The summed E-state index contributed by atoms with van der Waals surface area (Å²) in [6, 6.07) is 0. The number of hydrogen-bond donors (Lipinski definition) is 1. The molecule has 0 aliphatic heterocycles. The lowest BCUT2D eigenvalue weighted by atomic mass is 10.1. The van der Waals surface area contributed by atoms with Crippen molar-refractivity contribution >= 4 is 23.3 Å². The topological polar surface area (TPSA) is 58.1 Å². The Morgan fingerprint density at radius 3 is 2.70 bits per heavy atom. The van der Waals surface area contributed by atoms with Crippen molar-refractivity contribution in [2.24, 2.45) is 0 Å². The smallest absolute Gasteiger partial charge is 0.239 e. The number of rotatable bonds is 3. The first-order valence-electron chi connectivity index (χ1n) is 6.84. The van der Waals surface area contributed by atoms with E-state index in [0.29, 0.717) is 0 Å². The highest BCUT2D eigenvalue weighted by Gasteiger charge is 2.23. The van der Waals surface area contributed by atoms with Gasteiger partial charge in [-0.05, 0) is 51.6 Å². The van der Waals surface area contributed by atoms with Gasteiger partial charge >= 0.3 is 0 Å². The first-order chi connectivity index (χ1) is 9.26. The van der Waals surface area contributed by atoms with E-state index in [2.05, 4.69) is 15.3 Å². The molecular weight excluding hydrogens is 276 g/mol. The van der Waals surface area contributed by atoms with E-state index in [1.165, 1.54) is 0 Å². The Morgan fingerprint density at radius 2 is 2.05 bits per heavy atom. The molecule has 1 heterocycles. The number of halogens is 1. The third-order valence-electron chi connectivity index (χ3n) is 3.14. The summed E-state index contributed by atoms with van der Waals surface area (Å²) in [4.78, 5) is 22.4. The number of aromatic nitrogens is 2. The average Bonchev–Trinajstić information content (AvgIpc) is 2.72. The van der Waals surface area contributed by atoms with E-state index < -0.39 is 0 Å². The molecule has 1 amide bonds. The van der Waals surface area contributed by atoms with E-state index in [1.807, 2.05) is 32.7 Å². The van der Waals surface area contributed by atoms with Gasteiger partial charge in [0, 0.05) is 18.2 Å². The molecule has 0 bridgehead atoms. The number of anilines is 1. The van der Waals surface area contributed by atoms with Crippen LogP contribution in [0.15, 0.2) is 0 Å². The van der Waals surface area contributed by atoms with Gasteiger partial charge in [-0.15, -0.1) is 0 Å². The molecule has 1 aliphatic rings. The molecule has 0 saturated carbocycles. The lowest BCUT2D eigenvalue weighted by Crippen LogP contribution is -2.45. The van der Waals surface area contributed by atoms with Gasteiger partial charge < -0.3 is 10.2 Å². The Bertz CT molecular complexity index is 525. The zero-order valence-electron chi connectivity index (χ0n) is 12.5. The maximum absolute atomic E-state index is 12.0. The predicted octanol–water partition coefficient (Wildman–Crippen LogP) is 1.97. The van der Waals surface area contributed by atoms with E-state index in [0.717, 1.165) is 36.3 Å². The summed E-state index contributed by atoms with van der Waals surface area (Å²) in [5, 5.41) is 3.20. The first kappa shape index (κ1) is 15.0. The number of nitrogens with one attached hydrogen (secondary N) is 1. The molecule has 2 rings (SSSR count). The molecule has 0 spiro atoms. The van der Waals surface area contributed by atoms with Crippen LogP contribution in [-0.4, -0.2) is 35.0 Å². The van der Waals surface area contributed by atoms with E-state index in [9.17, 15) is 4.79 Å². The number of aryl methyl sites for hydroxylation is 1. The molecule has 0 saturated heterocycles. The largest absolute Gasteiger partial charge is 0.350 e. The molecule has 0 unspecified atom stereocenters. The molecule has 110 valence electrons. The third-order valence-corrected chi connectivity index (χ3v) is 3.31. The fraction of sp³-hybridized carbons (Fsp3) is 0.643. The summed E-state index contributed by atoms with van der Waals surface area (Å²) in [5.41, 5.74) is 1.91. The minimum atomic E-state index is -0.233. The highest BCUT2D eigenvalue weighted by molar-refractivity contribution is 6.28. The average molecular weight is 297 g/mol. The Morgan fingerprint density at radius 1 is 1.35 bits per heavy atom. The van der Waals surface area contributed by atoms with Gasteiger partial charge in [0.15, 0.2) is 0 Å². The molecule has 1 aliphatic carbocycles. The summed E-state index contributed by atoms with van der Waals surface area (Å²) in [7, 11) is 1.86. The van der Waals surface area contributed by atoms with Gasteiger partial charge in [0.1, 0.15) is 5.82 Å². The van der Waals surface area contributed by atoms with Crippen LogP contribution < -0.4 is 10.2 Å². The Balaban J connectivity index is 2.14. The highest BCUT2D eigenvalue weighted by Crippen LogP contribution is 2.29. The van der Waals surface area contributed by atoms with Crippen molar-refractivity contribution in [3.63, 3.8) is 0 Å². The standard InChI is InChI=1S/C14H21ClN4O/c1-14(2,3)18-11(20)8-19(4)12-9-6-5-7-10(9)16-13(15)17-12/h5-8H2,1-4H3,(H,18,20). The van der Waals surface area contributed by atoms with Crippen molar-refractivity contribution in [3.8, 4) is 0 Å². The summed E-state index contributed by atoms with van der Waals surface area (Å²) in [6.45, 7) is 6.15. The molecule has 5 nitrogen and oxygen atoms in total.